The Labute approximate surface area is 126 Å². The highest BCUT2D eigenvalue weighted by atomic mass is 79.9. The predicted molar refractivity (Wildman–Crippen MR) is 83.8 cm³/mol. The monoisotopic (exact) mass is 333 g/mol. The fourth-order valence-corrected chi connectivity index (χ4v) is 2.08. The molecule has 0 saturated heterocycles. The molecule has 1 amide bonds. The first kappa shape index (κ1) is 14.7. The zero-order chi connectivity index (χ0) is 14.5. The van der Waals surface area contributed by atoms with Crippen molar-refractivity contribution in [1.82, 2.24) is 4.98 Å². The normalized spacial score (nSPS) is 10.3. The van der Waals surface area contributed by atoms with E-state index >= 15 is 0 Å². The highest BCUT2D eigenvalue weighted by molar-refractivity contribution is 9.10. The van der Waals surface area contributed by atoms with Crippen molar-refractivity contribution in [3.8, 4) is 0 Å². The second-order valence-electron chi connectivity index (χ2n) is 4.49. The number of aryl methyl sites for hydroxylation is 1. The van der Waals surface area contributed by atoms with Crippen LogP contribution in [-0.2, 0) is 6.42 Å². The van der Waals surface area contributed by atoms with E-state index in [1.165, 1.54) is 0 Å². The highest BCUT2D eigenvalue weighted by Gasteiger charge is 2.08. The zero-order valence-electron chi connectivity index (χ0n) is 11.2. The molecule has 1 aromatic carbocycles. The summed E-state index contributed by atoms with van der Waals surface area (Å²) in [6, 6.07) is 9.16. The summed E-state index contributed by atoms with van der Waals surface area (Å²) in [7, 11) is 0. The number of carbonyl (C=O) groups excluding carboxylic acids is 1. The third-order valence-electron chi connectivity index (χ3n) is 2.90. The smallest absolute Gasteiger partial charge is 0.255 e. The van der Waals surface area contributed by atoms with Crippen LogP contribution >= 0.6 is 15.9 Å². The number of halogens is 1. The van der Waals surface area contributed by atoms with E-state index < -0.39 is 0 Å². The van der Waals surface area contributed by atoms with Crippen LogP contribution in [0.1, 0.15) is 21.6 Å². The topological polar surface area (TPSA) is 68.0 Å². The van der Waals surface area contributed by atoms with Gasteiger partial charge in [-0.25, -0.2) is 0 Å². The van der Waals surface area contributed by atoms with E-state index in [-0.39, 0.29) is 5.91 Å². The Kier molecular flexibility index (Phi) is 4.87. The molecule has 0 radical (unpaired) electrons. The van der Waals surface area contributed by atoms with Crippen molar-refractivity contribution in [1.29, 1.82) is 0 Å². The molecule has 1 heterocycles. The Balaban J connectivity index is 2.15. The Morgan fingerprint density at radius 3 is 2.85 bits per heavy atom. The number of rotatable bonds is 4. The molecule has 5 heteroatoms. The van der Waals surface area contributed by atoms with Crippen molar-refractivity contribution in [3.63, 3.8) is 0 Å². The summed E-state index contributed by atoms with van der Waals surface area (Å²) in [5, 5.41) is 2.88. The lowest BCUT2D eigenvalue weighted by Crippen LogP contribution is -2.13. The molecule has 1 aromatic heterocycles. The first-order valence-corrected chi connectivity index (χ1v) is 7.12. The molecule has 3 N–H and O–H groups in total. The molecule has 2 aromatic rings. The van der Waals surface area contributed by atoms with Gasteiger partial charge in [0.2, 0.25) is 0 Å². The van der Waals surface area contributed by atoms with Crippen LogP contribution in [0.25, 0.3) is 0 Å². The van der Waals surface area contributed by atoms with Crippen LogP contribution < -0.4 is 11.1 Å². The Morgan fingerprint density at radius 2 is 2.15 bits per heavy atom. The minimum atomic E-state index is -0.146. The van der Waals surface area contributed by atoms with Crippen LogP contribution in [0.2, 0.25) is 0 Å². The van der Waals surface area contributed by atoms with Gasteiger partial charge in [0.1, 0.15) is 0 Å². The summed E-state index contributed by atoms with van der Waals surface area (Å²) < 4.78 is 1.02. The molecule has 2 rings (SSSR count). The number of amides is 1. The summed E-state index contributed by atoms with van der Waals surface area (Å²) in [6.07, 6.45) is 2.30. The van der Waals surface area contributed by atoms with Crippen LogP contribution in [0.5, 0.6) is 0 Å². The Bertz CT molecular complexity index is 628. The third kappa shape index (κ3) is 3.65. The number of hydrogen-bond acceptors (Lipinski definition) is 3. The standard InChI is InChI=1S/C15H16BrN3O/c1-10-8-13(2-3-14(10)16)19-15(20)11-5-7-18-12(9-11)4-6-17/h2-3,5,7-9H,4,6,17H2,1H3,(H,19,20). The quantitative estimate of drug-likeness (QED) is 0.903. The van der Waals surface area contributed by atoms with Gasteiger partial charge in [-0.1, -0.05) is 15.9 Å². The van der Waals surface area contributed by atoms with E-state index in [1.54, 1.807) is 18.3 Å². The van der Waals surface area contributed by atoms with Gasteiger partial charge in [-0.2, -0.15) is 0 Å². The molecule has 0 bridgehead atoms. The fourth-order valence-electron chi connectivity index (χ4n) is 1.83. The van der Waals surface area contributed by atoms with Crippen LogP contribution in [0.4, 0.5) is 5.69 Å². The number of aromatic nitrogens is 1. The summed E-state index contributed by atoms with van der Waals surface area (Å²) >= 11 is 3.43. The molecule has 0 fully saturated rings. The van der Waals surface area contributed by atoms with Crippen molar-refractivity contribution in [3.05, 3.63) is 57.8 Å². The number of nitrogens with one attached hydrogen (secondary N) is 1. The van der Waals surface area contributed by atoms with E-state index in [0.717, 1.165) is 21.4 Å². The minimum Gasteiger partial charge on any atom is -0.330 e. The van der Waals surface area contributed by atoms with Gasteiger partial charge in [-0.15, -0.1) is 0 Å². The van der Waals surface area contributed by atoms with E-state index in [4.69, 9.17) is 5.73 Å². The number of nitrogens with two attached hydrogens (primary N) is 1. The van der Waals surface area contributed by atoms with Gasteiger partial charge < -0.3 is 11.1 Å². The molecule has 104 valence electrons. The summed E-state index contributed by atoms with van der Waals surface area (Å²) in [5.74, 6) is -0.146. The van der Waals surface area contributed by atoms with Gasteiger partial charge in [-0.3, -0.25) is 9.78 Å². The molecule has 0 aliphatic rings. The van der Waals surface area contributed by atoms with Crippen LogP contribution in [0.15, 0.2) is 41.0 Å². The van der Waals surface area contributed by atoms with E-state index in [2.05, 4.69) is 26.2 Å². The zero-order valence-corrected chi connectivity index (χ0v) is 12.8. The van der Waals surface area contributed by atoms with E-state index in [9.17, 15) is 4.79 Å². The van der Waals surface area contributed by atoms with Gasteiger partial charge in [0.25, 0.3) is 5.91 Å². The number of benzene rings is 1. The first-order chi connectivity index (χ1) is 9.60. The second kappa shape index (κ2) is 6.63. The molecule has 0 unspecified atom stereocenters. The molecule has 0 saturated carbocycles. The Morgan fingerprint density at radius 1 is 1.35 bits per heavy atom. The second-order valence-corrected chi connectivity index (χ2v) is 5.35. The van der Waals surface area contributed by atoms with Crippen LogP contribution in [0.3, 0.4) is 0 Å². The average Bonchev–Trinajstić information content (AvgIpc) is 2.43. The molecular weight excluding hydrogens is 318 g/mol. The largest absolute Gasteiger partial charge is 0.330 e. The lowest BCUT2D eigenvalue weighted by Gasteiger charge is -2.08. The molecule has 0 spiro atoms. The minimum absolute atomic E-state index is 0.146. The highest BCUT2D eigenvalue weighted by Crippen LogP contribution is 2.20. The lowest BCUT2D eigenvalue weighted by molar-refractivity contribution is 0.102. The SMILES string of the molecule is Cc1cc(NC(=O)c2ccnc(CCN)c2)ccc1Br. The van der Waals surface area contributed by atoms with Gasteiger partial charge >= 0.3 is 0 Å². The summed E-state index contributed by atoms with van der Waals surface area (Å²) in [6.45, 7) is 2.50. The molecule has 20 heavy (non-hydrogen) atoms. The first-order valence-electron chi connectivity index (χ1n) is 6.32. The van der Waals surface area contributed by atoms with Crippen LogP contribution in [0, 0.1) is 6.92 Å². The van der Waals surface area contributed by atoms with Gasteiger partial charge in [0, 0.05) is 34.0 Å². The number of nitrogens with zero attached hydrogens (tertiary/aromatic N) is 1. The number of carbonyl (C=O) groups is 1. The number of anilines is 1. The van der Waals surface area contributed by atoms with Crippen molar-refractivity contribution < 1.29 is 4.79 Å². The molecule has 0 atom stereocenters. The number of pyridine rings is 1. The van der Waals surface area contributed by atoms with Crippen molar-refractivity contribution in [2.45, 2.75) is 13.3 Å². The maximum Gasteiger partial charge on any atom is 0.255 e. The number of hydrogen-bond donors (Lipinski definition) is 2. The molecule has 0 aliphatic carbocycles. The van der Waals surface area contributed by atoms with E-state index in [0.29, 0.717) is 18.5 Å². The van der Waals surface area contributed by atoms with Crippen molar-refractivity contribution in [2.75, 3.05) is 11.9 Å². The average molecular weight is 334 g/mol. The van der Waals surface area contributed by atoms with Gasteiger partial charge in [0.05, 0.1) is 0 Å². The molecular formula is C15H16BrN3O. The van der Waals surface area contributed by atoms with Crippen molar-refractivity contribution in [2.24, 2.45) is 5.73 Å². The van der Waals surface area contributed by atoms with Gasteiger partial charge in [0.15, 0.2) is 0 Å². The predicted octanol–water partition coefficient (Wildman–Crippen LogP) is 2.91. The maximum absolute atomic E-state index is 12.2. The molecule has 0 aliphatic heterocycles. The fraction of sp³-hybridized carbons (Fsp3) is 0.200. The summed E-state index contributed by atoms with van der Waals surface area (Å²) in [4.78, 5) is 16.4. The van der Waals surface area contributed by atoms with Gasteiger partial charge in [-0.05, 0) is 49.4 Å². The lowest BCUT2D eigenvalue weighted by atomic mass is 10.1. The van der Waals surface area contributed by atoms with Crippen LogP contribution in [-0.4, -0.2) is 17.4 Å². The molecule has 4 nitrogen and oxygen atoms in total. The Hall–Kier alpha value is -1.72. The van der Waals surface area contributed by atoms with E-state index in [1.807, 2.05) is 25.1 Å². The maximum atomic E-state index is 12.2. The third-order valence-corrected chi connectivity index (χ3v) is 3.78. The summed E-state index contributed by atoms with van der Waals surface area (Å²) in [5.41, 5.74) is 8.75. The van der Waals surface area contributed by atoms with Crippen molar-refractivity contribution >= 4 is 27.5 Å².